The van der Waals surface area contributed by atoms with Crippen LogP contribution in [-0.4, -0.2) is 17.1 Å². The molecule has 4 heteroatoms. The van der Waals surface area contributed by atoms with Crippen molar-refractivity contribution in [2.24, 2.45) is 5.84 Å². The van der Waals surface area contributed by atoms with Gasteiger partial charge in [-0.1, -0.05) is 12.1 Å². The number of benzene rings is 1. The van der Waals surface area contributed by atoms with E-state index >= 15 is 0 Å². The van der Waals surface area contributed by atoms with Crippen molar-refractivity contribution in [2.75, 3.05) is 12.4 Å². The zero-order valence-corrected chi connectivity index (χ0v) is 11.6. The zero-order valence-electron chi connectivity index (χ0n) is 10.7. The highest BCUT2D eigenvalue weighted by Crippen LogP contribution is 2.46. The molecular formula is C14H20N2OS. The molecule has 0 saturated carbocycles. The van der Waals surface area contributed by atoms with Gasteiger partial charge in [0, 0.05) is 11.2 Å². The van der Waals surface area contributed by atoms with Gasteiger partial charge >= 0.3 is 0 Å². The highest BCUT2D eigenvalue weighted by atomic mass is 32.2. The molecule has 2 heterocycles. The predicted molar refractivity (Wildman–Crippen MR) is 75.8 cm³/mol. The molecule has 18 heavy (non-hydrogen) atoms. The van der Waals surface area contributed by atoms with Crippen LogP contribution in [0.25, 0.3) is 0 Å². The minimum Gasteiger partial charge on any atom is -0.493 e. The largest absolute Gasteiger partial charge is 0.493 e. The number of nitrogens with one attached hydrogen (secondary N) is 1. The van der Waals surface area contributed by atoms with Crippen molar-refractivity contribution in [1.29, 1.82) is 0 Å². The third-order valence-corrected chi connectivity index (χ3v) is 5.67. The third kappa shape index (κ3) is 2.02. The summed E-state index contributed by atoms with van der Waals surface area (Å²) in [5.74, 6) is 8.10. The molecule has 2 aliphatic heterocycles. The second-order valence-electron chi connectivity index (χ2n) is 5.33. The fourth-order valence-electron chi connectivity index (χ4n) is 3.04. The maximum atomic E-state index is 5.82. The summed E-state index contributed by atoms with van der Waals surface area (Å²) < 4.78 is 5.77. The fourth-order valence-corrected chi connectivity index (χ4v) is 4.45. The normalized spacial score (nSPS) is 27.9. The standard InChI is InChI=1S/C14H20N2OS/c1-14(6-2-8-18-14)13(16-15)11-3-4-12-10(9-11)5-7-17-12/h3-4,9,13,16H,2,5-8,15H2,1H3. The molecule has 0 spiro atoms. The van der Waals surface area contributed by atoms with Gasteiger partial charge in [-0.05, 0) is 42.7 Å². The minimum absolute atomic E-state index is 0.211. The van der Waals surface area contributed by atoms with Crippen molar-refractivity contribution in [3.8, 4) is 5.75 Å². The summed E-state index contributed by atoms with van der Waals surface area (Å²) in [7, 11) is 0. The molecular weight excluding hydrogens is 244 g/mol. The van der Waals surface area contributed by atoms with E-state index < -0.39 is 0 Å². The lowest BCUT2D eigenvalue weighted by Crippen LogP contribution is -2.41. The van der Waals surface area contributed by atoms with Crippen molar-refractivity contribution in [3.63, 3.8) is 0 Å². The van der Waals surface area contributed by atoms with Crippen LogP contribution in [-0.2, 0) is 6.42 Å². The van der Waals surface area contributed by atoms with Gasteiger partial charge in [-0.2, -0.15) is 11.8 Å². The van der Waals surface area contributed by atoms with Gasteiger partial charge in [-0.3, -0.25) is 11.3 Å². The molecule has 0 bridgehead atoms. The van der Waals surface area contributed by atoms with Gasteiger partial charge in [0.1, 0.15) is 5.75 Å². The topological polar surface area (TPSA) is 47.3 Å². The first kappa shape index (κ1) is 12.3. The summed E-state index contributed by atoms with van der Waals surface area (Å²) in [6.45, 7) is 3.13. The molecule has 1 fully saturated rings. The molecule has 3 nitrogen and oxygen atoms in total. The van der Waals surface area contributed by atoms with Crippen LogP contribution in [0.2, 0.25) is 0 Å². The average Bonchev–Trinajstić information content (AvgIpc) is 2.98. The Balaban J connectivity index is 1.92. The smallest absolute Gasteiger partial charge is 0.122 e. The molecule has 1 saturated heterocycles. The fraction of sp³-hybridized carbons (Fsp3) is 0.571. The maximum absolute atomic E-state index is 5.82. The third-order valence-electron chi connectivity index (χ3n) is 4.07. The van der Waals surface area contributed by atoms with E-state index in [1.807, 2.05) is 11.8 Å². The number of hydrogen-bond acceptors (Lipinski definition) is 4. The van der Waals surface area contributed by atoms with Crippen molar-refractivity contribution in [1.82, 2.24) is 5.43 Å². The molecule has 0 amide bonds. The highest BCUT2D eigenvalue weighted by Gasteiger charge is 2.38. The van der Waals surface area contributed by atoms with Crippen LogP contribution in [0.3, 0.4) is 0 Å². The Bertz CT molecular complexity index is 443. The molecule has 2 atom stereocenters. The second kappa shape index (κ2) is 4.76. The highest BCUT2D eigenvalue weighted by molar-refractivity contribution is 8.00. The molecule has 98 valence electrons. The number of thioether (sulfide) groups is 1. The Kier molecular flexibility index (Phi) is 3.26. The Morgan fingerprint density at radius 1 is 1.50 bits per heavy atom. The molecule has 3 rings (SSSR count). The van der Waals surface area contributed by atoms with Crippen LogP contribution in [0.5, 0.6) is 5.75 Å². The lowest BCUT2D eigenvalue weighted by atomic mass is 9.89. The van der Waals surface area contributed by atoms with Gasteiger partial charge in [0.05, 0.1) is 12.6 Å². The van der Waals surface area contributed by atoms with E-state index in [2.05, 4.69) is 30.5 Å². The molecule has 1 aromatic rings. The van der Waals surface area contributed by atoms with E-state index in [0.29, 0.717) is 0 Å². The van der Waals surface area contributed by atoms with E-state index in [9.17, 15) is 0 Å². The molecule has 0 aromatic heterocycles. The van der Waals surface area contributed by atoms with Crippen molar-refractivity contribution in [2.45, 2.75) is 37.0 Å². The first-order valence-electron chi connectivity index (χ1n) is 6.59. The van der Waals surface area contributed by atoms with Crippen LogP contribution < -0.4 is 16.0 Å². The van der Waals surface area contributed by atoms with Crippen LogP contribution in [0.4, 0.5) is 0 Å². The van der Waals surface area contributed by atoms with Crippen LogP contribution in [0, 0.1) is 0 Å². The quantitative estimate of drug-likeness (QED) is 0.650. The molecule has 3 N–H and O–H groups in total. The van der Waals surface area contributed by atoms with Gasteiger partial charge in [-0.25, -0.2) is 0 Å². The first-order chi connectivity index (χ1) is 8.73. The summed E-state index contributed by atoms with van der Waals surface area (Å²) in [5.41, 5.74) is 5.64. The van der Waals surface area contributed by atoms with E-state index in [1.54, 1.807) is 0 Å². The van der Waals surface area contributed by atoms with E-state index in [0.717, 1.165) is 18.8 Å². The Hall–Kier alpha value is -0.710. The van der Waals surface area contributed by atoms with Gasteiger partial charge in [0.25, 0.3) is 0 Å². The van der Waals surface area contributed by atoms with Gasteiger partial charge < -0.3 is 4.74 Å². The summed E-state index contributed by atoms with van der Waals surface area (Å²) in [5, 5.41) is 0. The lowest BCUT2D eigenvalue weighted by Gasteiger charge is -2.33. The molecule has 1 aromatic carbocycles. The number of ether oxygens (including phenoxy) is 1. The zero-order chi connectivity index (χ0) is 12.6. The molecule has 0 radical (unpaired) electrons. The maximum Gasteiger partial charge on any atom is 0.122 e. The SMILES string of the molecule is CC1(C(NN)c2ccc3c(c2)CCO3)CCCS1. The van der Waals surface area contributed by atoms with Crippen molar-refractivity contribution >= 4 is 11.8 Å². The van der Waals surface area contributed by atoms with Gasteiger partial charge in [-0.15, -0.1) is 0 Å². The Morgan fingerprint density at radius 3 is 3.11 bits per heavy atom. The van der Waals surface area contributed by atoms with Gasteiger partial charge in [0.2, 0.25) is 0 Å². The van der Waals surface area contributed by atoms with Gasteiger partial charge in [0.15, 0.2) is 0 Å². The van der Waals surface area contributed by atoms with Crippen molar-refractivity contribution in [3.05, 3.63) is 29.3 Å². The predicted octanol–water partition coefficient (Wildman–Crippen LogP) is 2.41. The van der Waals surface area contributed by atoms with Crippen LogP contribution in [0.15, 0.2) is 18.2 Å². The van der Waals surface area contributed by atoms with E-state index in [-0.39, 0.29) is 10.8 Å². The number of fused-ring (bicyclic) bond motifs is 1. The number of nitrogens with two attached hydrogens (primary N) is 1. The summed E-state index contributed by atoms with van der Waals surface area (Å²) in [6.07, 6.45) is 3.53. The van der Waals surface area contributed by atoms with Crippen LogP contribution in [0.1, 0.15) is 36.9 Å². The lowest BCUT2D eigenvalue weighted by molar-refractivity contribution is 0.356. The minimum atomic E-state index is 0.211. The average molecular weight is 264 g/mol. The summed E-state index contributed by atoms with van der Waals surface area (Å²) in [4.78, 5) is 0. The molecule has 0 aliphatic carbocycles. The Labute approximate surface area is 112 Å². The van der Waals surface area contributed by atoms with E-state index in [1.165, 1.54) is 29.7 Å². The number of rotatable bonds is 3. The molecule has 2 unspecified atom stereocenters. The monoisotopic (exact) mass is 264 g/mol. The first-order valence-corrected chi connectivity index (χ1v) is 7.57. The van der Waals surface area contributed by atoms with Crippen LogP contribution >= 0.6 is 11.8 Å². The summed E-state index contributed by atoms with van der Waals surface area (Å²) in [6, 6.07) is 6.72. The Morgan fingerprint density at radius 2 is 2.39 bits per heavy atom. The number of hydrogen-bond donors (Lipinski definition) is 2. The van der Waals surface area contributed by atoms with E-state index in [4.69, 9.17) is 10.6 Å². The summed E-state index contributed by atoms with van der Waals surface area (Å²) >= 11 is 2.03. The molecule has 2 aliphatic rings. The van der Waals surface area contributed by atoms with Crippen molar-refractivity contribution < 1.29 is 4.74 Å². The number of hydrazine groups is 1. The second-order valence-corrected chi connectivity index (χ2v) is 6.96.